The molecule has 0 unspecified atom stereocenters. The highest BCUT2D eigenvalue weighted by atomic mass is 35.5. The van der Waals surface area contributed by atoms with Crippen molar-refractivity contribution in [3.63, 3.8) is 0 Å². The van der Waals surface area contributed by atoms with E-state index in [2.05, 4.69) is 16.0 Å². The van der Waals surface area contributed by atoms with E-state index in [0.29, 0.717) is 0 Å². The first-order chi connectivity index (χ1) is 8.78. The number of nitrogens with zero attached hydrogens (tertiary/aromatic N) is 1. The zero-order chi connectivity index (χ0) is 12.5. The van der Waals surface area contributed by atoms with Crippen LogP contribution in [-0.2, 0) is 13.2 Å². The van der Waals surface area contributed by atoms with Gasteiger partial charge in [0.05, 0.1) is 18.7 Å². The topological polar surface area (TPSA) is 25.2 Å². The fraction of sp³-hybridized carbons (Fsp3) is 0.143. The molecule has 3 rings (SSSR count). The summed E-state index contributed by atoms with van der Waals surface area (Å²) >= 11 is 7.78. The van der Waals surface area contributed by atoms with Crippen LogP contribution >= 0.6 is 22.9 Å². The molecule has 0 atom stereocenters. The number of thiophene rings is 1. The van der Waals surface area contributed by atoms with Crippen molar-refractivity contribution in [2.24, 2.45) is 0 Å². The van der Waals surface area contributed by atoms with Gasteiger partial charge in [-0.15, -0.1) is 11.3 Å². The van der Waals surface area contributed by atoms with Crippen LogP contribution in [-0.4, -0.2) is 9.67 Å². The molecule has 2 heterocycles. The summed E-state index contributed by atoms with van der Waals surface area (Å²) in [7, 11) is 0. The SMILES string of the molecule is OCc1cn(Cc2cccs2)c2cc(Cl)ccc12. The van der Waals surface area contributed by atoms with Gasteiger partial charge in [0.25, 0.3) is 0 Å². The van der Waals surface area contributed by atoms with E-state index in [0.717, 1.165) is 28.0 Å². The molecule has 2 aromatic heterocycles. The van der Waals surface area contributed by atoms with Crippen molar-refractivity contribution in [1.29, 1.82) is 0 Å². The molecule has 18 heavy (non-hydrogen) atoms. The number of benzene rings is 1. The zero-order valence-electron chi connectivity index (χ0n) is 9.64. The molecule has 0 aliphatic heterocycles. The molecule has 0 bridgehead atoms. The lowest BCUT2D eigenvalue weighted by atomic mass is 10.2. The molecule has 0 amide bonds. The average molecular weight is 278 g/mol. The predicted molar refractivity (Wildman–Crippen MR) is 76.3 cm³/mol. The van der Waals surface area contributed by atoms with Gasteiger partial charge in [-0.1, -0.05) is 23.7 Å². The van der Waals surface area contributed by atoms with Gasteiger partial charge in [0.1, 0.15) is 0 Å². The number of aliphatic hydroxyl groups excluding tert-OH is 1. The van der Waals surface area contributed by atoms with E-state index < -0.39 is 0 Å². The minimum atomic E-state index is 0.0512. The Kier molecular flexibility index (Phi) is 3.12. The molecule has 0 aliphatic rings. The highest BCUT2D eigenvalue weighted by molar-refractivity contribution is 7.09. The average Bonchev–Trinajstić information content (AvgIpc) is 2.98. The van der Waals surface area contributed by atoms with Gasteiger partial charge < -0.3 is 9.67 Å². The molecule has 92 valence electrons. The van der Waals surface area contributed by atoms with E-state index in [1.54, 1.807) is 11.3 Å². The van der Waals surface area contributed by atoms with Crippen molar-refractivity contribution in [3.05, 3.63) is 57.4 Å². The summed E-state index contributed by atoms with van der Waals surface area (Å²) in [4.78, 5) is 1.29. The van der Waals surface area contributed by atoms with Gasteiger partial charge in [0.15, 0.2) is 0 Å². The Hall–Kier alpha value is -1.29. The monoisotopic (exact) mass is 277 g/mol. The smallest absolute Gasteiger partial charge is 0.0702 e. The zero-order valence-corrected chi connectivity index (χ0v) is 11.2. The Bertz CT molecular complexity index is 672. The lowest BCUT2D eigenvalue weighted by Gasteiger charge is -2.03. The molecular formula is C14H12ClNOS. The molecule has 2 nitrogen and oxygen atoms in total. The number of halogens is 1. The Morgan fingerprint density at radius 1 is 1.28 bits per heavy atom. The third-order valence-electron chi connectivity index (χ3n) is 3.00. The van der Waals surface area contributed by atoms with Crippen LogP contribution in [0.2, 0.25) is 5.02 Å². The number of aromatic nitrogens is 1. The number of aliphatic hydroxyl groups is 1. The lowest BCUT2D eigenvalue weighted by molar-refractivity contribution is 0.283. The molecule has 0 radical (unpaired) electrons. The summed E-state index contributed by atoms with van der Waals surface area (Å²) in [5.74, 6) is 0. The van der Waals surface area contributed by atoms with Crippen molar-refractivity contribution < 1.29 is 5.11 Å². The predicted octanol–water partition coefficient (Wildman–Crippen LogP) is 3.90. The largest absolute Gasteiger partial charge is 0.392 e. The highest BCUT2D eigenvalue weighted by Gasteiger charge is 2.09. The van der Waals surface area contributed by atoms with E-state index in [9.17, 15) is 5.11 Å². The molecule has 4 heteroatoms. The van der Waals surface area contributed by atoms with E-state index in [1.165, 1.54) is 4.88 Å². The summed E-state index contributed by atoms with van der Waals surface area (Å²) in [5.41, 5.74) is 2.01. The molecule has 3 aromatic rings. The third-order valence-corrected chi connectivity index (χ3v) is 4.10. The maximum Gasteiger partial charge on any atom is 0.0702 e. The van der Waals surface area contributed by atoms with Gasteiger partial charge in [0, 0.05) is 27.0 Å². The second-order valence-electron chi connectivity index (χ2n) is 4.18. The minimum Gasteiger partial charge on any atom is -0.392 e. The molecule has 0 spiro atoms. The van der Waals surface area contributed by atoms with Gasteiger partial charge in [0.2, 0.25) is 0 Å². The first-order valence-electron chi connectivity index (χ1n) is 5.68. The van der Waals surface area contributed by atoms with Crippen molar-refractivity contribution in [2.75, 3.05) is 0 Å². The van der Waals surface area contributed by atoms with Gasteiger partial charge >= 0.3 is 0 Å². The number of hydrogen-bond acceptors (Lipinski definition) is 2. The summed E-state index contributed by atoms with van der Waals surface area (Å²) in [6.45, 7) is 0.865. The van der Waals surface area contributed by atoms with E-state index in [1.807, 2.05) is 30.5 Å². The van der Waals surface area contributed by atoms with Crippen molar-refractivity contribution in [2.45, 2.75) is 13.2 Å². The van der Waals surface area contributed by atoms with Crippen molar-refractivity contribution in [1.82, 2.24) is 4.57 Å². The Morgan fingerprint density at radius 2 is 2.17 bits per heavy atom. The molecule has 0 saturated heterocycles. The van der Waals surface area contributed by atoms with E-state index in [-0.39, 0.29) is 6.61 Å². The summed E-state index contributed by atoms with van der Waals surface area (Å²) < 4.78 is 2.14. The minimum absolute atomic E-state index is 0.0512. The van der Waals surface area contributed by atoms with Crippen LogP contribution in [0.25, 0.3) is 10.9 Å². The van der Waals surface area contributed by atoms with Crippen LogP contribution in [0.3, 0.4) is 0 Å². The standard InChI is InChI=1S/C14H12ClNOS/c15-11-3-4-13-10(9-17)7-16(14(13)6-11)8-12-2-1-5-18-12/h1-7,17H,8-9H2. The van der Waals surface area contributed by atoms with Crippen LogP contribution in [0.4, 0.5) is 0 Å². The molecule has 1 aromatic carbocycles. The van der Waals surface area contributed by atoms with Crippen LogP contribution in [0, 0.1) is 0 Å². The Balaban J connectivity index is 2.13. The fourth-order valence-corrected chi connectivity index (χ4v) is 3.04. The van der Waals surface area contributed by atoms with E-state index in [4.69, 9.17) is 11.6 Å². The quantitative estimate of drug-likeness (QED) is 0.772. The summed E-state index contributed by atoms with van der Waals surface area (Å²) in [6, 6.07) is 9.93. The first-order valence-corrected chi connectivity index (χ1v) is 6.94. The normalized spacial score (nSPS) is 11.2. The number of hydrogen-bond donors (Lipinski definition) is 1. The second-order valence-corrected chi connectivity index (χ2v) is 5.65. The van der Waals surface area contributed by atoms with Gasteiger partial charge in [-0.05, 0) is 23.6 Å². The third kappa shape index (κ3) is 2.05. The van der Waals surface area contributed by atoms with Gasteiger partial charge in [-0.3, -0.25) is 0 Å². The van der Waals surface area contributed by atoms with Gasteiger partial charge in [-0.25, -0.2) is 0 Å². The Labute approximate surface area is 114 Å². The van der Waals surface area contributed by atoms with Crippen LogP contribution in [0.5, 0.6) is 0 Å². The molecule has 0 fully saturated rings. The molecule has 1 N–H and O–H groups in total. The lowest BCUT2D eigenvalue weighted by Crippen LogP contribution is -1.95. The maximum absolute atomic E-state index is 9.40. The van der Waals surface area contributed by atoms with Crippen molar-refractivity contribution in [3.8, 4) is 0 Å². The van der Waals surface area contributed by atoms with Crippen LogP contribution < -0.4 is 0 Å². The Morgan fingerprint density at radius 3 is 2.89 bits per heavy atom. The van der Waals surface area contributed by atoms with Crippen LogP contribution in [0.1, 0.15) is 10.4 Å². The number of fused-ring (bicyclic) bond motifs is 1. The molecule has 0 aliphatic carbocycles. The van der Waals surface area contributed by atoms with Gasteiger partial charge in [-0.2, -0.15) is 0 Å². The molecular weight excluding hydrogens is 266 g/mol. The first kappa shape index (κ1) is 11.8. The highest BCUT2D eigenvalue weighted by Crippen LogP contribution is 2.26. The number of rotatable bonds is 3. The molecule has 0 saturated carbocycles. The maximum atomic E-state index is 9.40. The fourth-order valence-electron chi connectivity index (χ4n) is 2.17. The second kappa shape index (κ2) is 4.76. The summed E-state index contributed by atoms with van der Waals surface area (Å²) in [5, 5.41) is 13.3. The summed E-state index contributed by atoms with van der Waals surface area (Å²) in [6.07, 6.45) is 2.00. The van der Waals surface area contributed by atoms with E-state index >= 15 is 0 Å². The van der Waals surface area contributed by atoms with Crippen molar-refractivity contribution >= 4 is 33.8 Å². The van der Waals surface area contributed by atoms with Crippen LogP contribution in [0.15, 0.2) is 41.9 Å².